The molecule has 2 bridgehead atoms. The number of nitrogens with one attached hydrogen (secondary N) is 2. The first-order valence-electron chi connectivity index (χ1n) is 19.0. The molecular formula is C43H42Cl2F2N3O8+. The molecule has 3 fully saturated rings. The first-order valence-corrected chi connectivity index (χ1v) is 19.7. The van der Waals surface area contributed by atoms with Crippen LogP contribution in [0, 0.1) is 5.92 Å². The number of amides is 1. The van der Waals surface area contributed by atoms with Crippen LogP contribution in [0.2, 0.25) is 10.0 Å². The number of alkyl halides is 2. The van der Waals surface area contributed by atoms with Crippen LogP contribution < -0.4 is 24.5 Å². The van der Waals surface area contributed by atoms with Gasteiger partial charge in [-0.25, -0.2) is 14.6 Å². The number of carbonyl (C=O) groups excluding carboxylic acids is 2. The molecule has 0 unspecified atom stereocenters. The molecule has 0 spiro atoms. The molecule has 2 N–H and O–H groups in total. The van der Waals surface area contributed by atoms with E-state index in [0.717, 1.165) is 43.6 Å². The standard InChI is InChI=1S/C43H41Cl2F2N3O8/c1-2-53-38-20-28(11-13-35(38)57-42(46)47)37(21-32-33(44)22-48-23-34(32)45)56-41(51)36-14-12-31(55-36)25-54-30-10-6-9-29(19-30)40(27-7-4-3-5-8-27)49-43(52)58-39-24-50-17-15-26(39)16-18-50/h3-14,19-20,22-23,26,37,39-40,42H,2,15-18,21,24-25H2,1H3,(H,49,52)/p+1/t37-,39-,40-/m0/s1. The van der Waals surface area contributed by atoms with Gasteiger partial charge in [-0.2, -0.15) is 8.78 Å². The molecule has 15 heteroatoms. The van der Waals surface area contributed by atoms with Crippen molar-refractivity contribution in [3.05, 3.63) is 141 Å². The Labute approximate surface area is 344 Å². The van der Waals surface area contributed by atoms with Crippen LogP contribution in [0.5, 0.6) is 17.2 Å². The highest BCUT2D eigenvalue weighted by atomic mass is 35.5. The smallest absolute Gasteiger partial charge is 0.408 e. The summed E-state index contributed by atoms with van der Waals surface area (Å²) in [5, 5.41) is 3.67. The molecule has 3 aliphatic rings. The van der Waals surface area contributed by atoms with Crippen LogP contribution in [0.1, 0.15) is 70.5 Å². The quantitative estimate of drug-likeness (QED) is 0.0971. The highest BCUT2D eigenvalue weighted by Gasteiger charge is 2.37. The molecule has 3 saturated heterocycles. The number of benzene rings is 3. The Morgan fingerprint density at radius 1 is 0.897 bits per heavy atom. The lowest BCUT2D eigenvalue weighted by atomic mass is 9.86. The molecule has 5 heterocycles. The number of aromatic amines is 1. The second-order valence-electron chi connectivity index (χ2n) is 13.9. The Hall–Kier alpha value is -5.37. The summed E-state index contributed by atoms with van der Waals surface area (Å²) in [5.41, 5.74) is 2.54. The molecular weight excluding hydrogens is 795 g/mol. The number of fused-ring (bicyclic) bond motifs is 3. The third-order valence-corrected chi connectivity index (χ3v) is 10.9. The van der Waals surface area contributed by atoms with Crippen molar-refractivity contribution < 1.29 is 51.5 Å². The van der Waals surface area contributed by atoms with Crippen LogP contribution in [0.25, 0.3) is 0 Å². The lowest BCUT2D eigenvalue weighted by Gasteiger charge is -2.43. The SMILES string of the molecule is CCOc1cc([C@H](Cc2c(Cl)c[nH+]cc2Cl)OC(=O)c2ccc(COc3cccc([C@@H](NC(=O)O[C@H]4CN5CCC4CC5)c4ccccc4)c3)o2)ccc1OC(F)F. The summed E-state index contributed by atoms with van der Waals surface area (Å²) in [4.78, 5) is 32.0. The van der Waals surface area contributed by atoms with E-state index in [1.165, 1.54) is 36.7 Å². The molecule has 304 valence electrons. The van der Waals surface area contributed by atoms with Crippen molar-refractivity contribution >= 4 is 35.3 Å². The zero-order valence-corrected chi connectivity index (χ0v) is 33.0. The fourth-order valence-electron chi connectivity index (χ4n) is 7.30. The number of ether oxygens (including phenoxy) is 5. The second-order valence-corrected chi connectivity index (χ2v) is 14.8. The van der Waals surface area contributed by atoms with Crippen LogP contribution in [0.4, 0.5) is 13.6 Å². The highest BCUT2D eigenvalue weighted by molar-refractivity contribution is 6.35. The van der Waals surface area contributed by atoms with E-state index in [1.54, 1.807) is 19.1 Å². The summed E-state index contributed by atoms with van der Waals surface area (Å²) in [6.07, 6.45) is 3.55. The second kappa shape index (κ2) is 18.9. The van der Waals surface area contributed by atoms with Crippen LogP contribution in [-0.2, 0) is 22.5 Å². The number of pyridine rings is 1. The molecule has 2 aromatic heterocycles. The molecule has 3 atom stereocenters. The molecule has 0 aliphatic carbocycles. The molecule has 0 radical (unpaired) electrons. The van der Waals surface area contributed by atoms with Crippen LogP contribution in [0.3, 0.4) is 0 Å². The molecule has 0 saturated carbocycles. The van der Waals surface area contributed by atoms with Crippen LogP contribution in [0.15, 0.2) is 102 Å². The van der Waals surface area contributed by atoms with Crippen molar-refractivity contribution in [1.82, 2.24) is 10.2 Å². The van der Waals surface area contributed by atoms with E-state index in [0.29, 0.717) is 38.6 Å². The number of alkyl carbamates (subject to hydrolysis) is 1. The van der Waals surface area contributed by atoms with E-state index in [1.807, 2.05) is 48.5 Å². The van der Waals surface area contributed by atoms with Crippen molar-refractivity contribution in [3.8, 4) is 17.2 Å². The molecule has 1 amide bonds. The van der Waals surface area contributed by atoms with Crippen LogP contribution in [-0.4, -0.2) is 55.9 Å². The van der Waals surface area contributed by atoms with Gasteiger partial charge in [0.15, 0.2) is 23.9 Å². The number of halogens is 4. The predicted octanol–water partition coefficient (Wildman–Crippen LogP) is 9.03. The molecule has 3 aromatic carbocycles. The van der Waals surface area contributed by atoms with Crippen molar-refractivity contribution in [1.29, 1.82) is 0 Å². The van der Waals surface area contributed by atoms with Gasteiger partial charge < -0.3 is 33.4 Å². The zero-order chi connectivity index (χ0) is 40.6. The molecule has 8 rings (SSSR count). The summed E-state index contributed by atoms with van der Waals surface area (Å²) < 4.78 is 60.3. The van der Waals surface area contributed by atoms with E-state index in [4.69, 9.17) is 46.6 Å². The minimum absolute atomic E-state index is 0.0275. The fraction of sp³-hybridized carbons (Fsp3) is 0.326. The molecule has 3 aliphatic heterocycles. The Morgan fingerprint density at radius 2 is 1.66 bits per heavy atom. The minimum Gasteiger partial charge on any atom is -0.490 e. The number of aromatic nitrogens is 1. The Kier molecular flexibility index (Phi) is 13.3. The van der Waals surface area contributed by atoms with E-state index in [2.05, 4.69) is 19.9 Å². The molecule has 58 heavy (non-hydrogen) atoms. The van der Waals surface area contributed by atoms with Gasteiger partial charge in [-0.15, -0.1) is 0 Å². The molecule has 11 nitrogen and oxygen atoms in total. The topological polar surface area (TPSA) is 123 Å². The molecule has 5 aromatic rings. The van der Waals surface area contributed by atoms with Gasteiger partial charge in [0.25, 0.3) is 0 Å². The number of H-pyrrole nitrogens is 1. The van der Waals surface area contributed by atoms with E-state index >= 15 is 0 Å². The summed E-state index contributed by atoms with van der Waals surface area (Å²) in [6, 6.07) is 23.8. The van der Waals surface area contributed by atoms with Crippen molar-refractivity contribution in [2.45, 2.75) is 57.7 Å². The minimum atomic E-state index is -3.07. The average molecular weight is 838 g/mol. The third kappa shape index (κ3) is 10.2. The lowest BCUT2D eigenvalue weighted by Crippen LogP contribution is -2.52. The monoisotopic (exact) mass is 836 g/mol. The maximum Gasteiger partial charge on any atom is 0.408 e. The zero-order valence-electron chi connectivity index (χ0n) is 31.5. The number of rotatable bonds is 16. The van der Waals surface area contributed by atoms with Gasteiger partial charge in [0.2, 0.25) is 5.76 Å². The van der Waals surface area contributed by atoms with E-state index in [-0.39, 0.29) is 43.0 Å². The Balaban J connectivity index is 1.04. The number of esters is 1. The first kappa shape index (κ1) is 40.8. The van der Waals surface area contributed by atoms with Crippen molar-refractivity contribution in [2.24, 2.45) is 5.92 Å². The van der Waals surface area contributed by atoms with Gasteiger partial charge in [0.1, 0.15) is 40.4 Å². The Morgan fingerprint density at radius 3 is 2.36 bits per heavy atom. The van der Waals surface area contributed by atoms with Crippen molar-refractivity contribution in [2.75, 3.05) is 26.2 Å². The number of hydrogen-bond donors (Lipinski definition) is 1. The van der Waals surface area contributed by atoms with E-state index < -0.39 is 30.8 Å². The Bertz CT molecular complexity index is 2160. The normalized spacial score (nSPS) is 18.3. The largest absolute Gasteiger partial charge is 0.490 e. The summed E-state index contributed by atoms with van der Waals surface area (Å²) in [5.74, 6) is 0.176. The number of hydrogen-bond acceptors (Lipinski definition) is 9. The maximum atomic E-state index is 13.6. The summed E-state index contributed by atoms with van der Waals surface area (Å²) in [7, 11) is 0. The van der Waals surface area contributed by atoms with Gasteiger partial charge in [-0.1, -0.05) is 71.7 Å². The van der Waals surface area contributed by atoms with Crippen LogP contribution >= 0.6 is 23.2 Å². The van der Waals surface area contributed by atoms with E-state index in [9.17, 15) is 18.4 Å². The number of carbonyl (C=O) groups is 2. The van der Waals surface area contributed by atoms with Gasteiger partial charge in [-0.3, -0.25) is 4.90 Å². The van der Waals surface area contributed by atoms with Gasteiger partial charge in [0.05, 0.1) is 12.6 Å². The number of nitrogens with zero attached hydrogens (tertiary/aromatic N) is 1. The number of furan rings is 1. The van der Waals surface area contributed by atoms with Gasteiger partial charge in [0, 0.05) is 18.5 Å². The highest BCUT2D eigenvalue weighted by Crippen LogP contribution is 2.37. The summed E-state index contributed by atoms with van der Waals surface area (Å²) in [6.45, 7) is 1.61. The fourth-order valence-corrected chi connectivity index (χ4v) is 7.83. The number of piperidine rings is 3. The third-order valence-electron chi connectivity index (χ3n) is 10.2. The van der Waals surface area contributed by atoms with Crippen molar-refractivity contribution in [3.63, 3.8) is 0 Å². The predicted molar refractivity (Wildman–Crippen MR) is 209 cm³/mol. The first-order chi connectivity index (χ1) is 28.1. The summed E-state index contributed by atoms with van der Waals surface area (Å²) >= 11 is 12.9. The van der Waals surface area contributed by atoms with Gasteiger partial charge in [-0.05, 0) is 91.9 Å². The lowest BCUT2D eigenvalue weighted by molar-refractivity contribution is -0.377. The maximum absolute atomic E-state index is 13.6. The average Bonchev–Trinajstić information content (AvgIpc) is 3.71. The van der Waals surface area contributed by atoms with Gasteiger partial charge >= 0.3 is 18.7 Å².